The van der Waals surface area contributed by atoms with Crippen LogP contribution in [0.15, 0.2) is 18.2 Å². The van der Waals surface area contributed by atoms with E-state index < -0.39 is 0 Å². The van der Waals surface area contributed by atoms with Gasteiger partial charge in [-0.05, 0) is 30.2 Å². The molecule has 4 nitrogen and oxygen atoms in total. The minimum atomic E-state index is 0.130. The summed E-state index contributed by atoms with van der Waals surface area (Å²) >= 11 is 0. The van der Waals surface area contributed by atoms with Gasteiger partial charge in [0, 0.05) is 44.0 Å². The third-order valence-corrected chi connectivity index (χ3v) is 3.99. The van der Waals surface area contributed by atoms with Gasteiger partial charge >= 0.3 is 0 Å². The van der Waals surface area contributed by atoms with Crippen LogP contribution in [0.3, 0.4) is 0 Å². The van der Waals surface area contributed by atoms with Crippen LogP contribution in [-0.4, -0.2) is 38.6 Å². The van der Waals surface area contributed by atoms with E-state index in [0.29, 0.717) is 13.0 Å². The maximum absolute atomic E-state index is 11.9. The number of hydrogen-bond acceptors (Lipinski definition) is 3. The van der Waals surface area contributed by atoms with E-state index >= 15 is 0 Å². The normalized spacial score (nSPS) is 18.6. The summed E-state index contributed by atoms with van der Waals surface area (Å²) in [5, 5.41) is 3.36. The van der Waals surface area contributed by atoms with Gasteiger partial charge in [0.25, 0.3) is 0 Å². The lowest BCUT2D eigenvalue weighted by atomic mass is 10.00. The highest BCUT2D eigenvalue weighted by atomic mass is 16.2. The van der Waals surface area contributed by atoms with Gasteiger partial charge in [0.1, 0.15) is 0 Å². The van der Waals surface area contributed by atoms with E-state index in [9.17, 15) is 4.79 Å². The number of nitrogens with zero attached hydrogens (tertiary/aromatic N) is 2. The zero-order chi connectivity index (χ0) is 13.9. The summed E-state index contributed by atoms with van der Waals surface area (Å²) in [5.41, 5.74) is 3.47. The van der Waals surface area contributed by atoms with Gasteiger partial charge in [-0.1, -0.05) is 5.92 Å². The molecule has 2 aliphatic heterocycles. The molecule has 0 radical (unpaired) electrons. The zero-order valence-corrected chi connectivity index (χ0v) is 11.6. The Bertz CT molecular complexity index is 555. The molecule has 1 aromatic rings. The van der Waals surface area contributed by atoms with Crippen LogP contribution in [-0.2, 0) is 11.2 Å². The second-order valence-electron chi connectivity index (χ2n) is 5.23. The van der Waals surface area contributed by atoms with Gasteiger partial charge in [0.2, 0.25) is 5.91 Å². The monoisotopic (exact) mass is 269 g/mol. The number of nitrogens with one attached hydrogen (secondary N) is 1. The lowest BCUT2D eigenvalue weighted by molar-refractivity contribution is -0.118. The number of terminal acetylenes is 1. The molecule has 3 rings (SSSR count). The first-order chi connectivity index (χ1) is 9.79. The topological polar surface area (TPSA) is 35.6 Å². The number of anilines is 2. The Morgan fingerprint density at radius 1 is 1.25 bits per heavy atom. The predicted molar refractivity (Wildman–Crippen MR) is 81.0 cm³/mol. The molecule has 1 saturated heterocycles. The van der Waals surface area contributed by atoms with Crippen LogP contribution in [0.4, 0.5) is 11.4 Å². The third-order valence-electron chi connectivity index (χ3n) is 3.99. The molecule has 0 atom stereocenters. The van der Waals surface area contributed by atoms with Crippen LogP contribution >= 0.6 is 0 Å². The lowest BCUT2D eigenvalue weighted by Gasteiger charge is -2.32. The maximum atomic E-state index is 11.9. The maximum Gasteiger partial charge on any atom is 0.228 e. The first-order valence-electron chi connectivity index (χ1n) is 7.12. The molecule has 0 saturated carbocycles. The van der Waals surface area contributed by atoms with Crippen molar-refractivity contribution < 1.29 is 4.79 Å². The molecular weight excluding hydrogens is 250 g/mol. The van der Waals surface area contributed by atoms with Crippen LogP contribution in [0.1, 0.15) is 12.0 Å². The fraction of sp³-hybridized carbons (Fsp3) is 0.438. The molecule has 0 aliphatic carbocycles. The predicted octanol–water partition coefficient (Wildman–Crippen LogP) is 1.01. The van der Waals surface area contributed by atoms with Crippen molar-refractivity contribution in [2.24, 2.45) is 0 Å². The molecule has 0 aromatic heterocycles. The van der Waals surface area contributed by atoms with E-state index in [2.05, 4.69) is 28.3 Å². The number of piperazine rings is 1. The van der Waals surface area contributed by atoms with Crippen molar-refractivity contribution in [2.45, 2.75) is 12.8 Å². The van der Waals surface area contributed by atoms with Gasteiger partial charge in [-0.25, -0.2) is 0 Å². The molecule has 4 heteroatoms. The molecule has 1 N–H and O–H groups in total. The highest BCUT2D eigenvalue weighted by Crippen LogP contribution is 2.31. The first kappa shape index (κ1) is 13.0. The smallest absolute Gasteiger partial charge is 0.228 e. The Morgan fingerprint density at radius 3 is 2.80 bits per heavy atom. The highest BCUT2D eigenvalue weighted by Gasteiger charge is 2.24. The molecule has 2 aliphatic rings. The minimum Gasteiger partial charge on any atom is -0.369 e. The number of amides is 1. The van der Waals surface area contributed by atoms with Crippen molar-refractivity contribution in [3.05, 3.63) is 23.8 Å². The number of hydrogen-bond donors (Lipinski definition) is 1. The molecular formula is C16H19N3O. The number of fused-ring (bicyclic) bond motifs is 1. The second kappa shape index (κ2) is 5.56. The number of rotatable bonds is 2. The number of aryl methyl sites for hydroxylation is 1. The Morgan fingerprint density at radius 2 is 2.05 bits per heavy atom. The number of benzene rings is 1. The summed E-state index contributed by atoms with van der Waals surface area (Å²) in [6.07, 6.45) is 6.74. The molecule has 20 heavy (non-hydrogen) atoms. The second-order valence-corrected chi connectivity index (χ2v) is 5.23. The molecule has 2 heterocycles. The molecule has 0 unspecified atom stereocenters. The molecule has 1 aromatic carbocycles. The van der Waals surface area contributed by atoms with E-state index in [1.54, 1.807) is 4.90 Å². The largest absolute Gasteiger partial charge is 0.369 e. The standard InChI is InChI=1S/C16H19N3O/c1-2-9-19-15-5-4-14(18-10-7-17-8-11-18)12-13(15)3-6-16(19)20/h1,4-5,12,17H,3,6-11H2. The first-order valence-corrected chi connectivity index (χ1v) is 7.12. The van der Waals surface area contributed by atoms with E-state index in [-0.39, 0.29) is 5.91 Å². The van der Waals surface area contributed by atoms with Crippen molar-refractivity contribution in [3.8, 4) is 12.3 Å². The average molecular weight is 269 g/mol. The van der Waals surface area contributed by atoms with E-state index in [1.807, 2.05) is 6.07 Å². The highest BCUT2D eigenvalue weighted by molar-refractivity contribution is 5.97. The van der Waals surface area contributed by atoms with Gasteiger partial charge < -0.3 is 15.1 Å². The number of carbonyl (C=O) groups is 1. The van der Waals surface area contributed by atoms with E-state index in [4.69, 9.17) is 6.42 Å². The third kappa shape index (κ3) is 2.37. The van der Waals surface area contributed by atoms with Crippen LogP contribution < -0.4 is 15.1 Å². The van der Waals surface area contributed by atoms with Crippen LogP contribution in [0.25, 0.3) is 0 Å². The summed E-state index contributed by atoms with van der Waals surface area (Å²) in [6.45, 7) is 4.48. The van der Waals surface area contributed by atoms with Crippen LogP contribution in [0, 0.1) is 12.3 Å². The van der Waals surface area contributed by atoms with Gasteiger partial charge in [-0.3, -0.25) is 4.79 Å². The van der Waals surface area contributed by atoms with Crippen LogP contribution in [0.2, 0.25) is 0 Å². The van der Waals surface area contributed by atoms with Gasteiger partial charge in [-0.2, -0.15) is 0 Å². The quantitative estimate of drug-likeness (QED) is 0.814. The summed E-state index contributed by atoms with van der Waals surface area (Å²) in [5.74, 6) is 2.70. The van der Waals surface area contributed by atoms with Gasteiger partial charge in [-0.15, -0.1) is 6.42 Å². The Labute approximate surface area is 119 Å². The minimum absolute atomic E-state index is 0.130. The van der Waals surface area contributed by atoms with Crippen molar-refractivity contribution >= 4 is 17.3 Å². The fourth-order valence-electron chi connectivity index (χ4n) is 2.93. The number of carbonyl (C=O) groups excluding carboxylic acids is 1. The summed E-state index contributed by atoms with van der Waals surface area (Å²) in [7, 11) is 0. The van der Waals surface area contributed by atoms with Crippen molar-refractivity contribution in [1.29, 1.82) is 0 Å². The molecule has 0 spiro atoms. The van der Waals surface area contributed by atoms with Gasteiger partial charge in [0.15, 0.2) is 0 Å². The Hall–Kier alpha value is -1.99. The van der Waals surface area contributed by atoms with Crippen molar-refractivity contribution in [3.63, 3.8) is 0 Å². The summed E-state index contributed by atoms with van der Waals surface area (Å²) < 4.78 is 0. The Kier molecular flexibility index (Phi) is 3.62. The molecule has 1 fully saturated rings. The fourth-order valence-corrected chi connectivity index (χ4v) is 2.93. The zero-order valence-electron chi connectivity index (χ0n) is 11.6. The summed E-state index contributed by atoms with van der Waals surface area (Å²) in [6, 6.07) is 6.37. The van der Waals surface area contributed by atoms with E-state index in [0.717, 1.165) is 38.3 Å². The SMILES string of the molecule is C#CCN1C(=O)CCc2cc(N3CCNCC3)ccc21. The van der Waals surface area contributed by atoms with Crippen LogP contribution in [0.5, 0.6) is 0 Å². The Balaban J connectivity index is 1.89. The van der Waals surface area contributed by atoms with E-state index in [1.165, 1.54) is 11.3 Å². The van der Waals surface area contributed by atoms with Gasteiger partial charge in [0.05, 0.1) is 6.54 Å². The van der Waals surface area contributed by atoms with Crippen molar-refractivity contribution in [1.82, 2.24) is 5.32 Å². The average Bonchev–Trinajstić information content (AvgIpc) is 2.51. The molecule has 104 valence electrons. The molecule has 1 amide bonds. The lowest BCUT2D eigenvalue weighted by Crippen LogP contribution is -2.43. The van der Waals surface area contributed by atoms with Crippen molar-refractivity contribution in [2.75, 3.05) is 42.5 Å². The molecule has 0 bridgehead atoms. The summed E-state index contributed by atoms with van der Waals surface area (Å²) in [4.78, 5) is 16.1.